The van der Waals surface area contributed by atoms with Gasteiger partial charge in [0.2, 0.25) is 0 Å². The number of nitrogens with zero attached hydrogens (tertiary/aromatic N) is 1. The third kappa shape index (κ3) is 3.79. The number of hydrogen-bond acceptors (Lipinski definition) is 4. The average molecular weight is 220 g/mol. The van der Waals surface area contributed by atoms with Crippen molar-refractivity contribution in [2.45, 2.75) is 13.3 Å². The van der Waals surface area contributed by atoms with Crippen LogP contribution in [0.1, 0.15) is 18.9 Å². The Bertz CT molecular complexity index is 372. The summed E-state index contributed by atoms with van der Waals surface area (Å²) in [6, 6.07) is 7.06. The van der Waals surface area contributed by atoms with Crippen LogP contribution < -0.4 is 10.5 Å². The molecule has 1 aromatic carbocycles. The van der Waals surface area contributed by atoms with Crippen LogP contribution >= 0.6 is 0 Å². The molecule has 16 heavy (non-hydrogen) atoms. The number of rotatable bonds is 6. The predicted octanol–water partition coefficient (Wildman–Crippen LogP) is 1.95. The van der Waals surface area contributed by atoms with Gasteiger partial charge in [-0.2, -0.15) is 5.26 Å². The van der Waals surface area contributed by atoms with E-state index in [0.29, 0.717) is 30.2 Å². The molecule has 2 N–H and O–H groups in total. The zero-order valence-electron chi connectivity index (χ0n) is 9.40. The molecule has 0 unspecified atom stereocenters. The molecule has 0 aliphatic carbocycles. The molecule has 0 aliphatic heterocycles. The lowest BCUT2D eigenvalue weighted by Gasteiger charge is -2.07. The van der Waals surface area contributed by atoms with Gasteiger partial charge in [0.25, 0.3) is 0 Å². The Kier molecular flexibility index (Phi) is 5.17. The Balaban J connectivity index is 2.40. The van der Waals surface area contributed by atoms with Crippen LogP contribution in [0, 0.1) is 11.3 Å². The van der Waals surface area contributed by atoms with Gasteiger partial charge in [-0.05, 0) is 24.6 Å². The van der Waals surface area contributed by atoms with E-state index >= 15 is 0 Å². The average Bonchev–Trinajstić information content (AvgIpc) is 2.31. The van der Waals surface area contributed by atoms with E-state index in [4.69, 9.17) is 20.5 Å². The summed E-state index contributed by atoms with van der Waals surface area (Å²) in [7, 11) is 0. The minimum Gasteiger partial charge on any atom is -0.491 e. The summed E-state index contributed by atoms with van der Waals surface area (Å²) < 4.78 is 10.7. The highest BCUT2D eigenvalue weighted by molar-refractivity contribution is 5.56. The maximum atomic E-state index is 8.77. The highest BCUT2D eigenvalue weighted by Crippen LogP contribution is 2.18. The van der Waals surface area contributed by atoms with Crippen LogP contribution in [0.25, 0.3) is 0 Å². The fraction of sp³-hybridized carbons (Fsp3) is 0.417. The van der Waals surface area contributed by atoms with E-state index in [-0.39, 0.29) is 0 Å². The van der Waals surface area contributed by atoms with Crippen molar-refractivity contribution in [1.82, 2.24) is 0 Å². The van der Waals surface area contributed by atoms with E-state index in [1.54, 1.807) is 18.2 Å². The summed E-state index contributed by atoms with van der Waals surface area (Å²) in [5.74, 6) is 0.644. The largest absolute Gasteiger partial charge is 0.491 e. The summed E-state index contributed by atoms with van der Waals surface area (Å²) in [6.45, 7) is 3.84. The van der Waals surface area contributed by atoms with Crippen molar-refractivity contribution in [3.05, 3.63) is 23.8 Å². The molecule has 4 heteroatoms. The quantitative estimate of drug-likeness (QED) is 0.587. The first-order chi connectivity index (χ1) is 7.77. The molecule has 1 aromatic rings. The molecule has 0 amide bonds. The van der Waals surface area contributed by atoms with E-state index in [1.807, 2.05) is 6.07 Å². The minimum absolute atomic E-state index is 0.437. The lowest BCUT2D eigenvalue weighted by molar-refractivity contribution is 0.101. The molecule has 1 rings (SSSR count). The number of nitrogens with two attached hydrogens (primary N) is 1. The Hall–Kier alpha value is -1.73. The standard InChI is InChI=1S/C12H16N2O2/c1-2-5-15-6-7-16-11-3-4-12(14)10(8-11)9-13/h3-4,8H,2,5-7,14H2,1H3. The van der Waals surface area contributed by atoms with Gasteiger partial charge in [0, 0.05) is 12.3 Å². The fourth-order valence-electron chi connectivity index (χ4n) is 1.19. The molecular formula is C12H16N2O2. The van der Waals surface area contributed by atoms with Gasteiger partial charge in [-0.25, -0.2) is 0 Å². The zero-order chi connectivity index (χ0) is 11.8. The molecule has 0 fully saturated rings. The van der Waals surface area contributed by atoms with E-state index in [2.05, 4.69) is 6.92 Å². The van der Waals surface area contributed by atoms with Crippen molar-refractivity contribution < 1.29 is 9.47 Å². The Morgan fingerprint density at radius 1 is 1.31 bits per heavy atom. The predicted molar refractivity (Wildman–Crippen MR) is 62.2 cm³/mol. The van der Waals surface area contributed by atoms with Crippen molar-refractivity contribution in [1.29, 1.82) is 5.26 Å². The van der Waals surface area contributed by atoms with Gasteiger partial charge in [0.05, 0.1) is 12.2 Å². The van der Waals surface area contributed by atoms with Crippen LogP contribution in [0.4, 0.5) is 5.69 Å². The molecule has 0 spiro atoms. The SMILES string of the molecule is CCCOCCOc1ccc(N)c(C#N)c1. The molecule has 0 atom stereocenters. The van der Waals surface area contributed by atoms with E-state index in [0.717, 1.165) is 13.0 Å². The zero-order valence-corrected chi connectivity index (χ0v) is 9.40. The van der Waals surface area contributed by atoms with Crippen LogP contribution in [0.2, 0.25) is 0 Å². The van der Waals surface area contributed by atoms with Gasteiger partial charge in [-0.3, -0.25) is 0 Å². The molecule has 0 saturated heterocycles. The Labute approximate surface area is 95.6 Å². The van der Waals surface area contributed by atoms with Gasteiger partial charge in [0.1, 0.15) is 18.4 Å². The molecule has 0 radical (unpaired) electrons. The van der Waals surface area contributed by atoms with Gasteiger partial charge in [-0.15, -0.1) is 0 Å². The third-order valence-corrected chi connectivity index (χ3v) is 1.99. The van der Waals surface area contributed by atoms with Crippen LogP contribution in [-0.4, -0.2) is 19.8 Å². The number of anilines is 1. The van der Waals surface area contributed by atoms with Crippen LogP contribution in [-0.2, 0) is 4.74 Å². The van der Waals surface area contributed by atoms with Crippen LogP contribution in [0.3, 0.4) is 0 Å². The molecule has 0 saturated carbocycles. The second kappa shape index (κ2) is 6.70. The van der Waals surface area contributed by atoms with E-state index in [1.165, 1.54) is 0 Å². The number of nitriles is 1. The monoisotopic (exact) mass is 220 g/mol. The molecule has 0 heterocycles. The highest BCUT2D eigenvalue weighted by Gasteiger charge is 2.00. The first kappa shape index (κ1) is 12.3. The smallest absolute Gasteiger partial charge is 0.120 e. The van der Waals surface area contributed by atoms with Gasteiger partial charge < -0.3 is 15.2 Å². The van der Waals surface area contributed by atoms with Crippen molar-refractivity contribution >= 4 is 5.69 Å². The fourth-order valence-corrected chi connectivity index (χ4v) is 1.19. The Morgan fingerprint density at radius 2 is 2.12 bits per heavy atom. The number of ether oxygens (including phenoxy) is 2. The number of nitrogen functional groups attached to an aromatic ring is 1. The number of hydrogen-bond donors (Lipinski definition) is 1. The molecule has 86 valence electrons. The van der Waals surface area contributed by atoms with Crippen molar-refractivity contribution in [2.75, 3.05) is 25.6 Å². The normalized spacial score (nSPS) is 9.75. The summed E-state index contributed by atoms with van der Waals surface area (Å²) in [4.78, 5) is 0. The Morgan fingerprint density at radius 3 is 2.81 bits per heavy atom. The first-order valence-corrected chi connectivity index (χ1v) is 5.28. The summed E-state index contributed by atoms with van der Waals surface area (Å²) >= 11 is 0. The van der Waals surface area contributed by atoms with Gasteiger partial charge >= 0.3 is 0 Å². The maximum absolute atomic E-state index is 8.77. The van der Waals surface area contributed by atoms with Crippen molar-refractivity contribution in [2.24, 2.45) is 0 Å². The molecule has 4 nitrogen and oxygen atoms in total. The van der Waals surface area contributed by atoms with E-state index < -0.39 is 0 Å². The van der Waals surface area contributed by atoms with Crippen molar-refractivity contribution in [3.63, 3.8) is 0 Å². The highest BCUT2D eigenvalue weighted by atomic mass is 16.5. The second-order valence-electron chi connectivity index (χ2n) is 3.32. The molecule has 0 aliphatic rings. The maximum Gasteiger partial charge on any atom is 0.120 e. The summed E-state index contributed by atoms with van der Waals surface area (Å²) in [5.41, 5.74) is 6.50. The van der Waals surface area contributed by atoms with Gasteiger partial charge in [0.15, 0.2) is 0 Å². The summed E-state index contributed by atoms with van der Waals surface area (Å²) in [5, 5.41) is 8.77. The van der Waals surface area contributed by atoms with Crippen LogP contribution in [0.5, 0.6) is 5.75 Å². The molecule has 0 bridgehead atoms. The third-order valence-electron chi connectivity index (χ3n) is 1.99. The molecular weight excluding hydrogens is 204 g/mol. The second-order valence-corrected chi connectivity index (χ2v) is 3.32. The van der Waals surface area contributed by atoms with Gasteiger partial charge in [-0.1, -0.05) is 6.92 Å². The first-order valence-electron chi connectivity index (χ1n) is 5.28. The number of benzene rings is 1. The summed E-state index contributed by atoms with van der Waals surface area (Å²) in [6.07, 6.45) is 1.00. The minimum atomic E-state index is 0.437. The van der Waals surface area contributed by atoms with Crippen LogP contribution in [0.15, 0.2) is 18.2 Å². The van der Waals surface area contributed by atoms with Crippen molar-refractivity contribution in [3.8, 4) is 11.8 Å². The lowest BCUT2D eigenvalue weighted by atomic mass is 10.2. The topological polar surface area (TPSA) is 68.3 Å². The lowest BCUT2D eigenvalue weighted by Crippen LogP contribution is -2.07. The molecule has 0 aromatic heterocycles. The van der Waals surface area contributed by atoms with E-state index in [9.17, 15) is 0 Å².